The summed E-state index contributed by atoms with van der Waals surface area (Å²) in [6, 6.07) is 9.71. The van der Waals surface area contributed by atoms with Crippen molar-refractivity contribution in [2.45, 2.75) is 44.0 Å². The first-order valence-electron chi connectivity index (χ1n) is 15.6. The number of benzene rings is 2. The minimum absolute atomic E-state index is 0.0102. The zero-order valence-corrected chi connectivity index (χ0v) is 30.8. The summed E-state index contributed by atoms with van der Waals surface area (Å²) in [6.07, 6.45) is 3.41. The molecule has 0 saturated carbocycles. The third-order valence-corrected chi connectivity index (χ3v) is 10.4. The van der Waals surface area contributed by atoms with Crippen LogP contribution in [0.5, 0.6) is 11.5 Å². The number of anilines is 1. The van der Waals surface area contributed by atoms with Crippen LogP contribution in [-0.4, -0.2) is 101 Å². The van der Waals surface area contributed by atoms with Gasteiger partial charge in [-0.3, -0.25) is 14.5 Å². The average Bonchev–Trinajstić information content (AvgIpc) is 3.50. The lowest BCUT2D eigenvalue weighted by Crippen LogP contribution is -2.71. The number of rotatable bonds is 13. The highest BCUT2D eigenvalue weighted by molar-refractivity contribution is 8.00. The van der Waals surface area contributed by atoms with Crippen molar-refractivity contribution >= 4 is 75.4 Å². The molecule has 18 heteroatoms. The van der Waals surface area contributed by atoms with Crippen molar-refractivity contribution in [1.82, 2.24) is 15.2 Å². The van der Waals surface area contributed by atoms with E-state index in [9.17, 15) is 39.6 Å². The van der Waals surface area contributed by atoms with E-state index in [-0.39, 0.29) is 38.8 Å². The largest absolute Gasteiger partial charge is 0.504 e. The van der Waals surface area contributed by atoms with Crippen LogP contribution in [0.15, 0.2) is 64.3 Å². The summed E-state index contributed by atoms with van der Waals surface area (Å²) < 4.78 is 0.526. The first-order chi connectivity index (χ1) is 24.4. The second-order valence-electron chi connectivity index (χ2n) is 13.2. The first kappa shape index (κ1) is 38.1. The summed E-state index contributed by atoms with van der Waals surface area (Å²) >= 11 is 8.31. The summed E-state index contributed by atoms with van der Waals surface area (Å²) in [4.78, 5) is 60.8. The first-order valence-corrected chi connectivity index (χ1v) is 17.9. The van der Waals surface area contributed by atoms with Gasteiger partial charge in [-0.25, -0.2) is 14.6 Å². The number of aromatic nitrogens is 1. The van der Waals surface area contributed by atoms with Gasteiger partial charge < -0.3 is 40.8 Å². The number of oxime groups is 1. The molecule has 0 unspecified atom stereocenters. The van der Waals surface area contributed by atoms with Gasteiger partial charge in [-0.2, -0.15) is 0 Å². The fraction of sp³-hybridized carbons (Fsp3) is 0.294. The smallest absolute Gasteiger partial charge is 0.352 e. The topological polar surface area (TPSA) is 225 Å². The van der Waals surface area contributed by atoms with Crippen LogP contribution < -0.4 is 11.1 Å². The maximum absolute atomic E-state index is 13.3. The van der Waals surface area contributed by atoms with Crippen molar-refractivity contribution in [3.63, 3.8) is 0 Å². The number of hydrogen-bond donors (Lipinski definition) is 6. The minimum Gasteiger partial charge on any atom is -0.504 e. The van der Waals surface area contributed by atoms with Crippen LogP contribution >= 0.6 is 34.7 Å². The van der Waals surface area contributed by atoms with Crippen LogP contribution in [-0.2, 0) is 37.1 Å². The highest BCUT2D eigenvalue weighted by Crippen LogP contribution is 2.41. The number of aliphatic carboxylic acids is 2. The van der Waals surface area contributed by atoms with Crippen LogP contribution in [0.4, 0.5) is 5.13 Å². The van der Waals surface area contributed by atoms with E-state index in [1.54, 1.807) is 18.2 Å². The lowest BCUT2D eigenvalue weighted by Gasteiger charge is -2.49. The molecule has 3 aromatic rings. The third-order valence-electron chi connectivity index (χ3n) is 8.13. The monoisotopic (exact) mass is 771 g/mol. The molecule has 0 radical (unpaired) electrons. The summed E-state index contributed by atoms with van der Waals surface area (Å²) in [5.74, 6) is -4.55. The van der Waals surface area contributed by atoms with E-state index in [2.05, 4.69) is 15.5 Å². The van der Waals surface area contributed by atoms with Crippen LogP contribution in [0.3, 0.4) is 0 Å². The van der Waals surface area contributed by atoms with Gasteiger partial charge in [-0.15, -0.1) is 23.1 Å². The van der Waals surface area contributed by atoms with Crippen LogP contribution in [0, 0.1) is 0 Å². The van der Waals surface area contributed by atoms with Gasteiger partial charge in [0.2, 0.25) is 5.60 Å². The molecule has 3 heterocycles. The number of nitrogen functional groups attached to an aromatic ring is 1. The number of phenolic OH excluding ortho intramolecular Hbond substituents is 2. The molecule has 274 valence electrons. The number of fused-ring (bicyclic) bond motifs is 1. The van der Waals surface area contributed by atoms with Gasteiger partial charge in [0.05, 0.1) is 19.1 Å². The van der Waals surface area contributed by atoms with Gasteiger partial charge in [0, 0.05) is 22.3 Å². The molecule has 0 bridgehead atoms. The predicted molar refractivity (Wildman–Crippen MR) is 195 cm³/mol. The number of carbonyl (C=O) groups is 4. The third kappa shape index (κ3) is 8.33. The maximum Gasteiger partial charge on any atom is 0.352 e. The SMILES string of the molecule is CC(C)(O/N=C(\C(=O)N[C@@H]1C(=O)N2C(C(=O)O)=C(/C=C/c3ccc(C[N+](C)(C)Cc4cc(O)c(O)c(Cl)c4)cc3)CS[C@H]12)c1csc(N)n1)C(=O)O. The molecule has 0 aliphatic carbocycles. The van der Waals surface area contributed by atoms with E-state index in [1.165, 1.54) is 37.1 Å². The van der Waals surface area contributed by atoms with Gasteiger partial charge in [0.25, 0.3) is 11.8 Å². The fourth-order valence-electron chi connectivity index (χ4n) is 5.49. The average molecular weight is 772 g/mol. The van der Waals surface area contributed by atoms with E-state index in [0.29, 0.717) is 23.1 Å². The summed E-state index contributed by atoms with van der Waals surface area (Å²) in [5.41, 5.74) is 6.36. The Morgan fingerprint density at radius 2 is 1.81 bits per heavy atom. The lowest BCUT2D eigenvalue weighted by molar-refractivity contribution is -0.916. The second kappa shape index (κ2) is 14.9. The molecule has 52 heavy (non-hydrogen) atoms. The Kier molecular flexibility index (Phi) is 10.9. The Morgan fingerprint density at radius 3 is 2.40 bits per heavy atom. The van der Waals surface area contributed by atoms with Crippen molar-refractivity contribution in [3.05, 3.63) is 86.5 Å². The molecule has 5 rings (SSSR count). The molecular formula is C34H36ClN6O9S2+. The number of quaternary nitrogens is 1. The van der Waals surface area contributed by atoms with Gasteiger partial charge in [-0.1, -0.05) is 53.2 Å². The maximum atomic E-state index is 13.3. The van der Waals surface area contributed by atoms with Crippen LogP contribution in [0.1, 0.15) is 36.2 Å². The standard InChI is InChI=1S/C34H35ClN6O9S2/c1-34(2,32(48)49)50-39-24(22-16-52-33(36)37-22)28(44)38-25-29(45)40-26(31(46)47)20(15-51-30(25)40)10-9-17-5-7-18(8-6-17)13-41(3,4)14-19-11-21(35)27(43)23(42)12-19/h5-12,16,25,30H,13-15H2,1-4H3,(H6-,36,37,38,39,42,43,44,46,47,48,49)/p+1/b10-9+/t25-,30-/m1/s1. The summed E-state index contributed by atoms with van der Waals surface area (Å²) in [5, 5.41) is 46.4. The predicted octanol–water partition coefficient (Wildman–Crippen LogP) is 3.60. The molecular weight excluding hydrogens is 736 g/mol. The Bertz CT molecular complexity index is 2000. The summed E-state index contributed by atoms with van der Waals surface area (Å²) in [7, 11) is 4.04. The van der Waals surface area contributed by atoms with Crippen molar-refractivity contribution in [2.75, 3.05) is 25.6 Å². The quantitative estimate of drug-likeness (QED) is 0.0482. The van der Waals surface area contributed by atoms with Crippen molar-refractivity contribution in [1.29, 1.82) is 0 Å². The number of thiazole rings is 1. The fourth-order valence-corrected chi connectivity index (χ4v) is 7.59. The van der Waals surface area contributed by atoms with Gasteiger partial charge in [0.1, 0.15) is 35.9 Å². The number of nitrogens with two attached hydrogens (primary N) is 1. The number of hydrogen-bond acceptors (Lipinski definition) is 12. The summed E-state index contributed by atoms with van der Waals surface area (Å²) in [6.45, 7) is 3.66. The van der Waals surface area contributed by atoms with Gasteiger partial charge in [0.15, 0.2) is 22.3 Å². The number of amides is 2. The molecule has 15 nitrogen and oxygen atoms in total. The van der Waals surface area contributed by atoms with Crippen molar-refractivity contribution in [2.24, 2.45) is 5.16 Å². The minimum atomic E-state index is -1.78. The van der Waals surface area contributed by atoms with Crippen molar-refractivity contribution in [3.8, 4) is 11.5 Å². The molecule has 0 spiro atoms. The Labute approximate surface area is 311 Å². The molecule has 7 N–H and O–H groups in total. The number of allylic oxidation sites excluding steroid dienone is 1. The van der Waals surface area contributed by atoms with Gasteiger partial charge >= 0.3 is 11.9 Å². The van der Waals surface area contributed by atoms with Crippen LogP contribution in [0.2, 0.25) is 5.02 Å². The number of nitrogens with zero attached hydrogens (tertiary/aromatic N) is 4. The Hall–Kier alpha value is -5.10. The highest BCUT2D eigenvalue weighted by Gasteiger charge is 2.54. The number of aromatic hydroxyl groups is 2. The number of phenols is 2. The number of thioether (sulfide) groups is 1. The molecule has 2 aliphatic rings. The molecule has 1 fully saturated rings. The number of halogens is 1. The highest BCUT2D eigenvalue weighted by atomic mass is 35.5. The Balaban J connectivity index is 1.27. The lowest BCUT2D eigenvalue weighted by atomic mass is 10.0. The van der Waals surface area contributed by atoms with E-state index in [1.807, 2.05) is 38.4 Å². The molecule has 2 aromatic carbocycles. The molecule has 2 amide bonds. The number of carboxylic acids is 2. The van der Waals surface area contributed by atoms with Crippen LogP contribution in [0.25, 0.3) is 6.08 Å². The molecule has 1 aromatic heterocycles. The van der Waals surface area contributed by atoms with Gasteiger partial charge in [-0.05, 0) is 37.1 Å². The Morgan fingerprint density at radius 1 is 1.13 bits per heavy atom. The number of carboxylic acid groups (broad SMARTS) is 2. The molecule has 1 saturated heterocycles. The zero-order valence-electron chi connectivity index (χ0n) is 28.4. The normalized spacial score (nSPS) is 17.9. The molecule has 2 aliphatic heterocycles. The number of β-lactam (4-membered cyclic amide) rings is 1. The number of nitrogens with one attached hydrogen (secondary N) is 1. The van der Waals surface area contributed by atoms with E-state index < -0.39 is 46.5 Å². The van der Waals surface area contributed by atoms with Crippen molar-refractivity contribution < 1.29 is 48.9 Å². The van der Waals surface area contributed by atoms with E-state index in [4.69, 9.17) is 22.2 Å². The second-order valence-corrected chi connectivity index (χ2v) is 15.6. The zero-order chi connectivity index (χ0) is 38.1. The van der Waals surface area contributed by atoms with E-state index in [0.717, 1.165) is 32.9 Å². The van der Waals surface area contributed by atoms with E-state index >= 15 is 0 Å². The number of carbonyl (C=O) groups excluding carboxylic acids is 2. The molecule has 2 atom stereocenters.